The summed E-state index contributed by atoms with van der Waals surface area (Å²) in [6.07, 6.45) is 0.250. The second kappa shape index (κ2) is 10.6. The van der Waals surface area contributed by atoms with Crippen molar-refractivity contribution in [2.45, 2.75) is 6.92 Å². The molecule has 0 unspecified atom stereocenters. The zero-order valence-electron chi connectivity index (χ0n) is 10.4. The van der Waals surface area contributed by atoms with Crippen LogP contribution in [-0.2, 0) is 14.3 Å². The van der Waals surface area contributed by atoms with E-state index in [0.717, 1.165) is 18.2 Å². The van der Waals surface area contributed by atoms with Crippen molar-refractivity contribution < 1.29 is 27.9 Å². The van der Waals surface area contributed by atoms with Crippen LogP contribution in [0.1, 0.15) is 17.3 Å². The summed E-state index contributed by atoms with van der Waals surface area (Å²) in [5.41, 5.74) is 8.18. The topological polar surface area (TPSA) is 112 Å². The number of hydrogen-bond donors (Lipinski definition) is 2. The van der Waals surface area contributed by atoms with Gasteiger partial charge in [0.1, 0.15) is 17.2 Å². The molecule has 0 heterocycles. The molecule has 8 heteroatoms. The molecule has 0 aliphatic rings. The van der Waals surface area contributed by atoms with Crippen molar-refractivity contribution in [1.29, 1.82) is 0 Å². The predicted molar refractivity (Wildman–Crippen MR) is 62.8 cm³/mol. The Hall–Kier alpha value is -2.51. The number of esters is 1. The molecule has 1 aromatic carbocycles. The molecule has 0 bridgehead atoms. The molecule has 4 N–H and O–H groups in total. The van der Waals surface area contributed by atoms with Crippen LogP contribution < -0.4 is 11.5 Å². The second-order valence-electron chi connectivity index (χ2n) is 2.79. The van der Waals surface area contributed by atoms with Crippen molar-refractivity contribution in [3.05, 3.63) is 35.4 Å². The monoisotopic (exact) mass is 276 g/mol. The molecule has 19 heavy (non-hydrogen) atoms. The average Bonchev–Trinajstić information content (AvgIpc) is 2.30. The Balaban J connectivity index is 0. The summed E-state index contributed by atoms with van der Waals surface area (Å²) in [6, 6.07) is 3.11. The Morgan fingerprint density at radius 1 is 1.26 bits per heavy atom. The lowest BCUT2D eigenvalue weighted by atomic mass is 10.2. The van der Waals surface area contributed by atoms with Gasteiger partial charge in [0.15, 0.2) is 0 Å². The predicted octanol–water partition coefficient (Wildman–Crippen LogP) is 0.344. The molecule has 0 saturated carbocycles. The summed E-state index contributed by atoms with van der Waals surface area (Å²) in [4.78, 5) is 28.6. The number of primary amides is 2. The van der Waals surface area contributed by atoms with E-state index in [2.05, 4.69) is 10.5 Å². The largest absolute Gasteiger partial charge is 0.469 e. The average molecular weight is 276 g/mol. The van der Waals surface area contributed by atoms with Gasteiger partial charge in [0.25, 0.3) is 5.91 Å². The number of halogens is 2. The van der Waals surface area contributed by atoms with Gasteiger partial charge in [-0.05, 0) is 12.1 Å². The molecule has 0 aliphatic heterocycles. The molecular weight excluding hydrogens is 262 g/mol. The highest BCUT2D eigenvalue weighted by atomic mass is 19.1. The highest BCUT2D eigenvalue weighted by Crippen LogP contribution is 2.10. The van der Waals surface area contributed by atoms with Crippen LogP contribution in [0.5, 0.6) is 0 Å². The zero-order valence-corrected chi connectivity index (χ0v) is 10.4. The van der Waals surface area contributed by atoms with Crippen molar-refractivity contribution in [3.8, 4) is 0 Å². The Morgan fingerprint density at radius 2 is 1.58 bits per heavy atom. The minimum atomic E-state index is -1.10. The van der Waals surface area contributed by atoms with E-state index in [4.69, 9.17) is 10.5 Å². The lowest BCUT2D eigenvalue weighted by Crippen LogP contribution is -2.15. The third kappa shape index (κ3) is 9.22. The molecule has 1 rings (SSSR count). The van der Waals surface area contributed by atoms with Crippen LogP contribution >= 0.6 is 0 Å². The number of hydrogen-bond acceptors (Lipinski definition) is 4. The first-order chi connectivity index (χ1) is 8.81. The number of carbonyl (C=O) groups excluding carboxylic acids is 3. The summed E-state index contributed by atoms with van der Waals surface area (Å²) in [6.45, 7) is 1.36. The lowest BCUT2D eigenvalue weighted by molar-refractivity contribution is -0.137. The Kier molecular flexibility index (Phi) is 10.5. The van der Waals surface area contributed by atoms with E-state index in [-0.39, 0.29) is 12.4 Å². The van der Waals surface area contributed by atoms with Crippen molar-refractivity contribution in [2.75, 3.05) is 7.11 Å². The third-order valence-electron chi connectivity index (χ3n) is 1.50. The number of benzene rings is 1. The first kappa shape index (κ1) is 18.8. The van der Waals surface area contributed by atoms with Crippen LogP contribution in [0.4, 0.5) is 8.78 Å². The van der Waals surface area contributed by atoms with Crippen LogP contribution in [0.25, 0.3) is 0 Å². The van der Waals surface area contributed by atoms with Gasteiger partial charge in [-0.25, -0.2) is 8.78 Å². The first-order valence-electron chi connectivity index (χ1n) is 4.75. The number of carbonyl (C=O) groups is 3. The van der Waals surface area contributed by atoms with Crippen LogP contribution in [-0.4, -0.2) is 25.4 Å². The molecule has 0 saturated heterocycles. The normalized spacial score (nSPS) is 8.00. The van der Waals surface area contributed by atoms with Gasteiger partial charge in [0, 0.05) is 6.92 Å². The fourth-order valence-electron chi connectivity index (χ4n) is 0.733. The summed E-state index contributed by atoms with van der Waals surface area (Å²) < 4.78 is 29.2. The molecule has 0 atom stereocenters. The first-order valence-corrected chi connectivity index (χ1v) is 4.75. The Labute approximate surface area is 108 Å². The smallest absolute Gasteiger partial charge is 0.302 e. The van der Waals surface area contributed by atoms with Gasteiger partial charge < -0.3 is 16.2 Å². The SMILES string of the molecule is COC(C)=O.NC(=O)c1c(F)cccc1F.NC=O. The van der Waals surface area contributed by atoms with Gasteiger partial charge in [-0.15, -0.1) is 0 Å². The van der Waals surface area contributed by atoms with Crippen molar-refractivity contribution in [2.24, 2.45) is 11.5 Å². The molecule has 1 aromatic rings. The highest BCUT2D eigenvalue weighted by Gasteiger charge is 2.12. The van der Waals surface area contributed by atoms with E-state index in [1.165, 1.54) is 14.0 Å². The maximum Gasteiger partial charge on any atom is 0.302 e. The molecular formula is C11H14F2N2O4. The fourth-order valence-corrected chi connectivity index (χ4v) is 0.733. The van der Waals surface area contributed by atoms with Gasteiger partial charge >= 0.3 is 5.97 Å². The number of methoxy groups -OCH3 is 1. The summed E-state index contributed by atoms with van der Waals surface area (Å²) >= 11 is 0. The quantitative estimate of drug-likeness (QED) is 0.569. The molecule has 106 valence electrons. The van der Waals surface area contributed by atoms with Gasteiger partial charge in [0.05, 0.1) is 7.11 Å². The number of rotatable bonds is 1. The van der Waals surface area contributed by atoms with E-state index in [9.17, 15) is 18.4 Å². The minimum Gasteiger partial charge on any atom is -0.469 e. The van der Waals surface area contributed by atoms with Crippen LogP contribution in [0.2, 0.25) is 0 Å². The lowest BCUT2D eigenvalue weighted by Gasteiger charge is -1.97. The summed E-state index contributed by atoms with van der Waals surface area (Å²) in [5, 5.41) is 0. The van der Waals surface area contributed by atoms with Crippen molar-refractivity contribution >= 4 is 18.3 Å². The number of ether oxygens (including phenoxy) is 1. The maximum atomic E-state index is 12.6. The summed E-state index contributed by atoms with van der Waals surface area (Å²) in [5.74, 6) is -3.21. The maximum absolute atomic E-state index is 12.6. The highest BCUT2D eigenvalue weighted by molar-refractivity contribution is 5.93. The fraction of sp³-hybridized carbons (Fsp3) is 0.182. The molecule has 0 aliphatic carbocycles. The molecule has 0 fully saturated rings. The van der Waals surface area contributed by atoms with E-state index in [1.54, 1.807) is 0 Å². The third-order valence-corrected chi connectivity index (χ3v) is 1.50. The molecule has 6 nitrogen and oxygen atoms in total. The molecule has 0 radical (unpaired) electrons. The van der Waals surface area contributed by atoms with E-state index >= 15 is 0 Å². The zero-order chi connectivity index (χ0) is 15.4. The minimum absolute atomic E-state index is 0.245. The number of nitrogens with two attached hydrogens (primary N) is 2. The number of amides is 2. The van der Waals surface area contributed by atoms with Gasteiger partial charge in [-0.1, -0.05) is 6.07 Å². The second-order valence-corrected chi connectivity index (χ2v) is 2.79. The van der Waals surface area contributed by atoms with Crippen LogP contribution in [0.15, 0.2) is 18.2 Å². The molecule has 0 spiro atoms. The summed E-state index contributed by atoms with van der Waals surface area (Å²) in [7, 11) is 1.35. The van der Waals surface area contributed by atoms with Crippen LogP contribution in [0.3, 0.4) is 0 Å². The standard InChI is InChI=1S/C7H5F2NO.C3H6O2.CH3NO/c8-4-2-1-3-5(9)6(4)7(10)11;1-3(4)5-2;2-1-3/h1-3H,(H2,10,11);1-2H3;1H,(H2,2,3). The molecule has 0 aromatic heterocycles. The van der Waals surface area contributed by atoms with Gasteiger partial charge in [-0.3, -0.25) is 14.4 Å². The van der Waals surface area contributed by atoms with E-state index in [0.29, 0.717) is 0 Å². The Bertz CT molecular complexity index is 418. The van der Waals surface area contributed by atoms with E-state index < -0.39 is 23.1 Å². The van der Waals surface area contributed by atoms with Crippen LogP contribution in [0, 0.1) is 11.6 Å². The van der Waals surface area contributed by atoms with Crippen molar-refractivity contribution in [1.82, 2.24) is 0 Å². The van der Waals surface area contributed by atoms with Crippen molar-refractivity contribution in [3.63, 3.8) is 0 Å². The van der Waals surface area contributed by atoms with E-state index in [1.807, 2.05) is 0 Å². The molecule has 2 amide bonds. The van der Waals surface area contributed by atoms with Gasteiger partial charge in [-0.2, -0.15) is 0 Å². The van der Waals surface area contributed by atoms with Gasteiger partial charge in [0.2, 0.25) is 6.41 Å². The Morgan fingerprint density at radius 3 is 1.74 bits per heavy atom.